The minimum Gasteiger partial charge on any atom is -0.450 e. The smallest absolute Gasteiger partial charge is 0.413 e. The van der Waals surface area contributed by atoms with Crippen LogP contribution in [0.5, 0.6) is 0 Å². The maximum Gasteiger partial charge on any atom is 0.413 e. The second-order valence-electron chi connectivity index (χ2n) is 1.92. The Bertz CT molecular complexity index is 289. The Morgan fingerprint density at radius 2 is 2.46 bits per heavy atom. The van der Waals surface area contributed by atoms with Crippen LogP contribution in [0.3, 0.4) is 0 Å². The monoisotopic (exact) mass is 219 g/mol. The van der Waals surface area contributed by atoms with Gasteiger partial charge in [-0.05, 0) is 13.2 Å². The minimum atomic E-state index is -0.494. The van der Waals surface area contributed by atoms with E-state index in [0.717, 1.165) is 4.34 Å². The number of anilines is 1. The highest BCUT2D eigenvalue weighted by atomic mass is 32.2. The van der Waals surface area contributed by atoms with Gasteiger partial charge in [0, 0.05) is 0 Å². The molecule has 1 aromatic rings. The first-order valence-corrected chi connectivity index (χ1v) is 5.61. The van der Waals surface area contributed by atoms with Gasteiger partial charge < -0.3 is 4.74 Å². The first kappa shape index (κ1) is 10.3. The van der Waals surface area contributed by atoms with Gasteiger partial charge in [0.25, 0.3) is 0 Å². The summed E-state index contributed by atoms with van der Waals surface area (Å²) in [6.45, 7) is 2.09. The summed E-state index contributed by atoms with van der Waals surface area (Å²) in [6.07, 6.45) is 1.40. The minimum absolute atomic E-state index is 0.347. The molecule has 0 saturated heterocycles. The molecule has 0 spiro atoms. The molecule has 1 rings (SSSR count). The number of carbonyl (C=O) groups excluding carboxylic acids is 1. The third-order valence-electron chi connectivity index (χ3n) is 1.07. The first-order chi connectivity index (χ1) is 6.26. The fourth-order valence-electron chi connectivity index (χ4n) is 0.597. The van der Waals surface area contributed by atoms with Crippen molar-refractivity contribution >= 4 is 34.3 Å². The zero-order chi connectivity index (χ0) is 9.68. The van der Waals surface area contributed by atoms with Crippen LogP contribution in [0.15, 0.2) is 4.34 Å². The molecular weight excluding hydrogens is 210 g/mol. The molecular formula is C6H9N3O2S2. The van der Waals surface area contributed by atoms with Crippen molar-refractivity contribution in [3.8, 4) is 0 Å². The number of rotatable bonds is 3. The summed E-state index contributed by atoms with van der Waals surface area (Å²) < 4.78 is 5.48. The van der Waals surface area contributed by atoms with Crippen molar-refractivity contribution in [2.24, 2.45) is 0 Å². The summed E-state index contributed by atoms with van der Waals surface area (Å²) in [5.41, 5.74) is 0. The molecule has 1 amide bonds. The van der Waals surface area contributed by atoms with E-state index in [4.69, 9.17) is 0 Å². The van der Waals surface area contributed by atoms with Crippen molar-refractivity contribution in [2.75, 3.05) is 18.2 Å². The lowest BCUT2D eigenvalue weighted by atomic mass is 10.9. The maximum atomic E-state index is 10.9. The van der Waals surface area contributed by atoms with Crippen molar-refractivity contribution in [2.45, 2.75) is 11.3 Å². The third-order valence-corrected chi connectivity index (χ3v) is 2.88. The number of ether oxygens (including phenoxy) is 1. The molecule has 5 nitrogen and oxygen atoms in total. The summed E-state index contributed by atoms with van der Waals surface area (Å²) in [6, 6.07) is 0. The van der Waals surface area contributed by atoms with Crippen LogP contribution in [0.4, 0.5) is 9.93 Å². The summed E-state index contributed by atoms with van der Waals surface area (Å²) >= 11 is 2.80. The Kier molecular flexibility index (Phi) is 3.97. The van der Waals surface area contributed by atoms with Gasteiger partial charge in [-0.25, -0.2) is 4.79 Å². The predicted octanol–water partition coefficient (Wildman–Crippen LogP) is 1.83. The fraction of sp³-hybridized carbons (Fsp3) is 0.500. The molecule has 0 atom stereocenters. The molecule has 0 bridgehead atoms. The highest BCUT2D eigenvalue weighted by Crippen LogP contribution is 2.22. The maximum absolute atomic E-state index is 10.9. The van der Waals surface area contributed by atoms with Gasteiger partial charge in [0.1, 0.15) is 0 Å². The Labute approximate surface area is 83.9 Å². The first-order valence-electron chi connectivity index (χ1n) is 3.57. The molecule has 0 saturated carbocycles. The predicted molar refractivity (Wildman–Crippen MR) is 52.3 cm³/mol. The zero-order valence-electron chi connectivity index (χ0n) is 7.23. The summed E-state index contributed by atoms with van der Waals surface area (Å²) in [4.78, 5) is 10.9. The van der Waals surface area contributed by atoms with E-state index in [0.29, 0.717) is 11.7 Å². The molecule has 7 heteroatoms. The van der Waals surface area contributed by atoms with Crippen LogP contribution in [0.2, 0.25) is 0 Å². The van der Waals surface area contributed by atoms with Gasteiger partial charge in [-0.3, -0.25) is 5.32 Å². The quantitative estimate of drug-likeness (QED) is 0.620. The van der Waals surface area contributed by atoms with Crippen LogP contribution < -0.4 is 5.32 Å². The zero-order valence-corrected chi connectivity index (χ0v) is 8.87. The lowest BCUT2D eigenvalue weighted by molar-refractivity contribution is 0.168. The van der Waals surface area contributed by atoms with E-state index in [1.54, 1.807) is 6.92 Å². The number of hydrogen-bond acceptors (Lipinski definition) is 6. The van der Waals surface area contributed by atoms with Gasteiger partial charge in [-0.1, -0.05) is 23.1 Å². The molecule has 72 valence electrons. The van der Waals surface area contributed by atoms with E-state index in [1.807, 2.05) is 6.26 Å². The Morgan fingerprint density at radius 1 is 1.69 bits per heavy atom. The number of nitrogens with zero attached hydrogens (tertiary/aromatic N) is 2. The van der Waals surface area contributed by atoms with Crippen LogP contribution in [-0.2, 0) is 4.74 Å². The summed E-state index contributed by atoms with van der Waals surface area (Å²) in [7, 11) is 0. The molecule has 0 unspecified atom stereocenters. The number of hydrogen-bond donors (Lipinski definition) is 1. The molecule has 0 aromatic carbocycles. The average Bonchev–Trinajstić information content (AvgIpc) is 2.52. The number of nitrogens with one attached hydrogen (secondary N) is 1. The van der Waals surface area contributed by atoms with Gasteiger partial charge in [-0.2, -0.15) is 0 Å². The Balaban J connectivity index is 2.49. The van der Waals surface area contributed by atoms with E-state index in [1.165, 1.54) is 23.1 Å². The molecule has 0 aliphatic carbocycles. The number of aromatic nitrogens is 2. The van der Waals surface area contributed by atoms with Crippen LogP contribution in [-0.4, -0.2) is 29.2 Å². The lowest BCUT2D eigenvalue weighted by Gasteiger charge is -1.99. The van der Waals surface area contributed by atoms with Crippen LogP contribution in [0.1, 0.15) is 6.92 Å². The van der Waals surface area contributed by atoms with Crippen molar-refractivity contribution in [1.82, 2.24) is 10.2 Å². The molecule has 1 N–H and O–H groups in total. The van der Waals surface area contributed by atoms with Crippen molar-refractivity contribution in [1.29, 1.82) is 0 Å². The number of carbonyl (C=O) groups is 1. The molecule has 0 aliphatic heterocycles. The standard InChI is InChI=1S/C6H9N3O2S2/c1-3-11-5(10)7-4-8-9-6(12-2)13-4/h3H2,1-2H3,(H,7,8,10). The van der Waals surface area contributed by atoms with Gasteiger partial charge in [0.15, 0.2) is 4.34 Å². The largest absolute Gasteiger partial charge is 0.450 e. The van der Waals surface area contributed by atoms with Crippen molar-refractivity contribution in [3.05, 3.63) is 0 Å². The van der Waals surface area contributed by atoms with E-state index < -0.39 is 6.09 Å². The molecule has 0 fully saturated rings. The lowest BCUT2D eigenvalue weighted by Crippen LogP contribution is -2.12. The Morgan fingerprint density at radius 3 is 3.00 bits per heavy atom. The van der Waals surface area contributed by atoms with Crippen LogP contribution in [0, 0.1) is 0 Å². The van der Waals surface area contributed by atoms with Gasteiger partial charge in [-0.15, -0.1) is 10.2 Å². The van der Waals surface area contributed by atoms with Crippen LogP contribution >= 0.6 is 23.1 Å². The normalized spacial score (nSPS) is 9.69. The van der Waals surface area contributed by atoms with Gasteiger partial charge in [0.2, 0.25) is 5.13 Å². The number of amides is 1. The van der Waals surface area contributed by atoms with Crippen molar-refractivity contribution in [3.63, 3.8) is 0 Å². The molecule has 13 heavy (non-hydrogen) atoms. The average molecular weight is 219 g/mol. The SMILES string of the molecule is CCOC(=O)Nc1nnc(SC)s1. The molecule has 0 radical (unpaired) electrons. The summed E-state index contributed by atoms with van der Waals surface area (Å²) in [5, 5.41) is 10.5. The van der Waals surface area contributed by atoms with Crippen LogP contribution in [0.25, 0.3) is 0 Å². The third kappa shape index (κ3) is 3.19. The second kappa shape index (κ2) is 5.03. The highest BCUT2D eigenvalue weighted by Gasteiger charge is 2.06. The topological polar surface area (TPSA) is 64.1 Å². The second-order valence-corrected chi connectivity index (χ2v) is 3.95. The Hall–Kier alpha value is -0.820. The molecule has 1 aromatic heterocycles. The van der Waals surface area contributed by atoms with E-state index in [9.17, 15) is 4.79 Å². The fourth-order valence-corrected chi connectivity index (χ4v) is 1.75. The van der Waals surface area contributed by atoms with E-state index >= 15 is 0 Å². The highest BCUT2D eigenvalue weighted by molar-refractivity contribution is 8.00. The van der Waals surface area contributed by atoms with Crippen molar-refractivity contribution < 1.29 is 9.53 Å². The van der Waals surface area contributed by atoms with E-state index in [-0.39, 0.29) is 0 Å². The molecule has 0 aliphatic rings. The molecule has 1 heterocycles. The number of thioether (sulfide) groups is 1. The summed E-state index contributed by atoms with van der Waals surface area (Å²) in [5.74, 6) is 0. The van der Waals surface area contributed by atoms with Gasteiger partial charge >= 0.3 is 6.09 Å². The van der Waals surface area contributed by atoms with Gasteiger partial charge in [0.05, 0.1) is 6.61 Å². The van der Waals surface area contributed by atoms with E-state index in [2.05, 4.69) is 20.3 Å².